The van der Waals surface area contributed by atoms with Crippen LogP contribution in [0.4, 0.5) is 0 Å². The minimum atomic E-state index is -0.502. The van der Waals surface area contributed by atoms with Crippen molar-refractivity contribution in [2.24, 2.45) is 5.73 Å². The van der Waals surface area contributed by atoms with E-state index < -0.39 is 5.91 Å². The molecule has 0 aliphatic carbocycles. The second kappa shape index (κ2) is 7.07. The summed E-state index contributed by atoms with van der Waals surface area (Å²) in [5.41, 5.74) is 7.07. The summed E-state index contributed by atoms with van der Waals surface area (Å²) in [7, 11) is 0. The standard InChI is InChI=1S/C14H15ClN4O2/c15-5-4-13-18-14-10(8-16)2-1-3-11(14)19(13)6-7-21-9-12(17)20/h1-3H,4-7,9H2,(H2,17,20). The van der Waals surface area contributed by atoms with E-state index in [1.165, 1.54) is 0 Å². The molecule has 0 spiro atoms. The number of carbonyl (C=O) groups excluding carboxylic acids is 1. The van der Waals surface area contributed by atoms with Gasteiger partial charge in [0.2, 0.25) is 5.91 Å². The number of fused-ring (bicyclic) bond motifs is 1. The number of aryl methyl sites for hydroxylation is 1. The third-order valence-corrected chi connectivity index (χ3v) is 3.19. The highest BCUT2D eigenvalue weighted by molar-refractivity contribution is 6.17. The van der Waals surface area contributed by atoms with Crippen LogP contribution in [0.1, 0.15) is 11.4 Å². The van der Waals surface area contributed by atoms with Crippen molar-refractivity contribution in [3.63, 3.8) is 0 Å². The van der Waals surface area contributed by atoms with E-state index in [9.17, 15) is 4.79 Å². The first-order chi connectivity index (χ1) is 10.2. The van der Waals surface area contributed by atoms with E-state index >= 15 is 0 Å². The lowest BCUT2D eigenvalue weighted by atomic mass is 10.2. The number of nitrogens with zero attached hydrogens (tertiary/aromatic N) is 3. The predicted octanol–water partition coefficient (Wildman–Crippen LogP) is 1.19. The number of aromatic nitrogens is 2. The number of nitriles is 1. The third-order valence-electron chi connectivity index (χ3n) is 3.00. The highest BCUT2D eigenvalue weighted by atomic mass is 35.5. The first-order valence-corrected chi connectivity index (χ1v) is 7.01. The van der Waals surface area contributed by atoms with Crippen LogP contribution >= 0.6 is 11.6 Å². The number of hydrogen-bond donors (Lipinski definition) is 1. The third kappa shape index (κ3) is 3.51. The van der Waals surface area contributed by atoms with Crippen LogP contribution in [0.2, 0.25) is 0 Å². The van der Waals surface area contributed by atoms with Gasteiger partial charge in [-0.25, -0.2) is 4.98 Å². The van der Waals surface area contributed by atoms with Gasteiger partial charge in [0.25, 0.3) is 0 Å². The lowest BCUT2D eigenvalue weighted by Gasteiger charge is -2.08. The smallest absolute Gasteiger partial charge is 0.243 e. The number of imidazole rings is 1. The zero-order chi connectivity index (χ0) is 15.2. The average molecular weight is 307 g/mol. The molecule has 21 heavy (non-hydrogen) atoms. The number of nitrogens with two attached hydrogens (primary N) is 1. The Labute approximate surface area is 127 Å². The predicted molar refractivity (Wildman–Crippen MR) is 78.9 cm³/mol. The molecule has 2 N–H and O–H groups in total. The van der Waals surface area contributed by atoms with Gasteiger partial charge < -0.3 is 15.0 Å². The Morgan fingerprint density at radius 2 is 2.33 bits per heavy atom. The normalized spacial score (nSPS) is 10.7. The minimum Gasteiger partial charge on any atom is -0.370 e. The summed E-state index contributed by atoms with van der Waals surface area (Å²) in [6.07, 6.45) is 0.594. The number of benzene rings is 1. The molecule has 0 saturated carbocycles. The number of alkyl halides is 1. The molecule has 1 aromatic carbocycles. The monoisotopic (exact) mass is 306 g/mol. The topological polar surface area (TPSA) is 93.9 Å². The molecule has 1 aromatic heterocycles. The molecule has 1 heterocycles. The second-order valence-corrected chi connectivity index (χ2v) is 4.80. The molecule has 0 fully saturated rings. The largest absolute Gasteiger partial charge is 0.370 e. The van der Waals surface area contributed by atoms with Gasteiger partial charge in [0, 0.05) is 18.8 Å². The van der Waals surface area contributed by atoms with E-state index in [4.69, 9.17) is 27.3 Å². The first kappa shape index (κ1) is 15.3. The van der Waals surface area contributed by atoms with Crippen LogP contribution in [0.15, 0.2) is 18.2 Å². The maximum absolute atomic E-state index is 10.7. The molecule has 0 aliphatic rings. The maximum Gasteiger partial charge on any atom is 0.243 e. The Balaban J connectivity index is 2.29. The van der Waals surface area contributed by atoms with Gasteiger partial charge in [0.1, 0.15) is 24.0 Å². The van der Waals surface area contributed by atoms with E-state index in [0.29, 0.717) is 36.5 Å². The van der Waals surface area contributed by atoms with Gasteiger partial charge in [-0.05, 0) is 12.1 Å². The number of primary amides is 1. The Morgan fingerprint density at radius 3 is 3.00 bits per heavy atom. The SMILES string of the molecule is N#Cc1cccc2c1nc(CCCl)n2CCOCC(N)=O. The lowest BCUT2D eigenvalue weighted by molar-refractivity contribution is -0.122. The van der Waals surface area contributed by atoms with Gasteiger partial charge >= 0.3 is 0 Å². The minimum absolute atomic E-state index is 0.110. The molecule has 1 amide bonds. The number of para-hydroxylation sites is 1. The molecule has 110 valence electrons. The fourth-order valence-electron chi connectivity index (χ4n) is 2.14. The summed E-state index contributed by atoms with van der Waals surface area (Å²) in [6, 6.07) is 7.57. The summed E-state index contributed by atoms with van der Waals surface area (Å²) in [6.45, 7) is 0.742. The number of rotatable bonds is 7. The van der Waals surface area contributed by atoms with Crippen molar-refractivity contribution < 1.29 is 9.53 Å². The molecular formula is C14H15ClN4O2. The first-order valence-electron chi connectivity index (χ1n) is 6.47. The van der Waals surface area contributed by atoms with Gasteiger partial charge in [0.05, 0.1) is 17.7 Å². The molecule has 0 atom stereocenters. The molecule has 0 saturated heterocycles. The van der Waals surface area contributed by atoms with Gasteiger partial charge in [-0.15, -0.1) is 11.6 Å². The number of halogens is 1. The summed E-state index contributed by atoms with van der Waals surface area (Å²) < 4.78 is 7.14. The summed E-state index contributed by atoms with van der Waals surface area (Å²) >= 11 is 5.80. The number of carbonyl (C=O) groups is 1. The molecule has 6 nitrogen and oxygen atoms in total. The maximum atomic E-state index is 10.7. The second-order valence-electron chi connectivity index (χ2n) is 4.42. The van der Waals surface area contributed by atoms with E-state index in [1.54, 1.807) is 6.07 Å². The quantitative estimate of drug-likeness (QED) is 0.614. The fraction of sp³-hybridized carbons (Fsp3) is 0.357. The van der Waals surface area contributed by atoms with Crippen molar-refractivity contribution >= 4 is 28.5 Å². The fourth-order valence-corrected chi connectivity index (χ4v) is 2.31. The molecule has 7 heteroatoms. The van der Waals surface area contributed by atoms with Crippen molar-refractivity contribution in [2.45, 2.75) is 13.0 Å². The average Bonchev–Trinajstić information content (AvgIpc) is 2.81. The van der Waals surface area contributed by atoms with E-state index in [0.717, 1.165) is 11.3 Å². The Hall–Kier alpha value is -2.10. The molecule has 0 bridgehead atoms. The van der Waals surface area contributed by atoms with Crippen LogP contribution in [0.5, 0.6) is 0 Å². The number of amides is 1. The van der Waals surface area contributed by atoms with Crippen LogP contribution in [0.3, 0.4) is 0 Å². The van der Waals surface area contributed by atoms with Crippen LogP contribution in [-0.4, -0.2) is 34.6 Å². The van der Waals surface area contributed by atoms with Gasteiger partial charge in [0.15, 0.2) is 0 Å². The molecule has 0 radical (unpaired) electrons. The summed E-state index contributed by atoms with van der Waals surface area (Å²) in [5, 5.41) is 9.14. The molecule has 2 aromatic rings. The molecule has 0 aliphatic heterocycles. The van der Waals surface area contributed by atoms with Crippen LogP contribution in [0, 0.1) is 11.3 Å². The summed E-state index contributed by atoms with van der Waals surface area (Å²) in [5.74, 6) is 0.733. The Bertz CT molecular complexity index is 690. The van der Waals surface area contributed by atoms with Crippen molar-refractivity contribution in [3.05, 3.63) is 29.6 Å². The van der Waals surface area contributed by atoms with Crippen molar-refractivity contribution in [3.8, 4) is 6.07 Å². The van der Waals surface area contributed by atoms with Gasteiger partial charge in [-0.2, -0.15) is 5.26 Å². The van der Waals surface area contributed by atoms with Crippen LogP contribution in [0.25, 0.3) is 11.0 Å². The Morgan fingerprint density at radius 1 is 1.52 bits per heavy atom. The Kier molecular flexibility index (Phi) is 5.14. The van der Waals surface area contributed by atoms with E-state index in [2.05, 4.69) is 11.1 Å². The van der Waals surface area contributed by atoms with Crippen molar-refractivity contribution in [1.29, 1.82) is 5.26 Å². The van der Waals surface area contributed by atoms with E-state index in [-0.39, 0.29) is 6.61 Å². The molecule has 0 unspecified atom stereocenters. The zero-order valence-electron chi connectivity index (χ0n) is 11.4. The van der Waals surface area contributed by atoms with Gasteiger partial charge in [-0.3, -0.25) is 4.79 Å². The summed E-state index contributed by atoms with van der Waals surface area (Å²) in [4.78, 5) is 15.1. The highest BCUT2D eigenvalue weighted by Gasteiger charge is 2.13. The molecule has 2 rings (SSSR count). The van der Waals surface area contributed by atoms with Crippen molar-refractivity contribution in [1.82, 2.24) is 9.55 Å². The van der Waals surface area contributed by atoms with Gasteiger partial charge in [-0.1, -0.05) is 6.07 Å². The zero-order valence-corrected chi connectivity index (χ0v) is 12.1. The highest BCUT2D eigenvalue weighted by Crippen LogP contribution is 2.20. The van der Waals surface area contributed by atoms with Crippen LogP contribution in [-0.2, 0) is 22.5 Å². The number of hydrogen-bond acceptors (Lipinski definition) is 4. The van der Waals surface area contributed by atoms with Crippen LogP contribution < -0.4 is 5.73 Å². The van der Waals surface area contributed by atoms with E-state index in [1.807, 2.05) is 16.7 Å². The number of ether oxygens (including phenoxy) is 1. The van der Waals surface area contributed by atoms with Crippen molar-refractivity contribution in [2.75, 3.05) is 19.1 Å². The lowest BCUT2D eigenvalue weighted by Crippen LogP contribution is -2.20. The molecular weight excluding hydrogens is 292 g/mol.